The lowest BCUT2D eigenvalue weighted by Crippen LogP contribution is -2.20. The summed E-state index contributed by atoms with van der Waals surface area (Å²) in [5.41, 5.74) is 1.72. The van der Waals surface area contributed by atoms with E-state index >= 15 is 0 Å². The van der Waals surface area contributed by atoms with Crippen LogP contribution in [0.1, 0.15) is 44.1 Å². The number of benzene rings is 2. The van der Waals surface area contributed by atoms with Crippen molar-refractivity contribution >= 4 is 57.3 Å². The van der Waals surface area contributed by atoms with Crippen LogP contribution in [0, 0.1) is 5.82 Å². The van der Waals surface area contributed by atoms with Crippen LogP contribution in [0.5, 0.6) is 0 Å². The summed E-state index contributed by atoms with van der Waals surface area (Å²) in [6.45, 7) is 0. The maximum Gasteiger partial charge on any atom is 0.234 e. The number of carbonyl (C=O) groups is 1. The van der Waals surface area contributed by atoms with Crippen molar-refractivity contribution in [2.24, 2.45) is 9.98 Å². The molecule has 0 saturated heterocycles. The zero-order valence-corrected chi connectivity index (χ0v) is 19.2. The van der Waals surface area contributed by atoms with Crippen molar-refractivity contribution in [3.05, 3.63) is 63.9 Å². The summed E-state index contributed by atoms with van der Waals surface area (Å²) in [5.74, 6) is -0.356. The summed E-state index contributed by atoms with van der Waals surface area (Å²) in [7, 11) is 0. The molecule has 31 heavy (non-hydrogen) atoms. The fraction of sp³-hybridized carbons (Fsp3) is 0.348. The van der Waals surface area contributed by atoms with Gasteiger partial charge in [-0.25, -0.2) is 9.38 Å². The average Bonchev–Trinajstić information content (AvgIpc) is 2.95. The molecule has 1 saturated carbocycles. The number of nitrogens with zero attached hydrogens (tertiary/aromatic N) is 2. The minimum Gasteiger partial charge on any atom is -0.325 e. The highest BCUT2D eigenvalue weighted by molar-refractivity contribution is 8.16. The van der Waals surface area contributed by atoms with Gasteiger partial charge in [0, 0.05) is 11.3 Å². The first-order chi connectivity index (χ1) is 14.9. The molecule has 1 heterocycles. The highest BCUT2D eigenvalue weighted by Crippen LogP contribution is 2.38. The topological polar surface area (TPSA) is 53.8 Å². The summed E-state index contributed by atoms with van der Waals surface area (Å²) in [6, 6.07) is 11.1. The van der Waals surface area contributed by atoms with E-state index in [1.165, 1.54) is 48.9 Å². The second-order valence-electron chi connectivity index (χ2n) is 7.75. The summed E-state index contributed by atoms with van der Waals surface area (Å²) in [4.78, 5) is 22.5. The van der Waals surface area contributed by atoms with E-state index < -0.39 is 5.66 Å². The highest BCUT2D eigenvalue weighted by Gasteiger charge is 2.37. The van der Waals surface area contributed by atoms with Crippen LogP contribution in [0.3, 0.4) is 0 Å². The zero-order valence-electron chi connectivity index (χ0n) is 16.8. The average molecular weight is 478 g/mol. The molecular weight excluding hydrogens is 456 g/mol. The number of halogens is 3. The number of amides is 1. The third-order valence-electron chi connectivity index (χ3n) is 5.40. The highest BCUT2D eigenvalue weighted by atomic mass is 35.5. The van der Waals surface area contributed by atoms with E-state index in [0.717, 1.165) is 42.0 Å². The first-order valence-corrected chi connectivity index (χ1v) is 12.0. The second kappa shape index (κ2) is 9.72. The van der Waals surface area contributed by atoms with E-state index in [1.54, 1.807) is 12.1 Å². The Morgan fingerprint density at radius 3 is 2.39 bits per heavy atom. The lowest BCUT2D eigenvalue weighted by molar-refractivity contribution is -0.113. The van der Waals surface area contributed by atoms with Gasteiger partial charge >= 0.3 is 0 Å². The van der Waals surface area contributed by atoms with Crippen LogP contribution >= 0.6 is 35.0 Å². The fourth-order valence-electron chi connectivity index (χ4n) is 3.84. The van der Waals surface area contributed by atoms with Gasteiger partial charge in [-0.1, -0.05) is 53.9 Å². The maximum atomic E-state index is 13.1. The third-order valence-corrected chi connectivity index (χ3v) is 7.10. The Morgan fingerprint density at radius 2 is 1.71 bits per heavy atom. The van der Waals surface area contributed by atoms with Gasteiger partial charge in [0.05, 0.1) is 21.5 Å². The summed E-state index contributed by atoms with van der Waals surface area (Å²) in [5, 5.41) is 4.47. The number of nitrogens with one attached hydrogen (secondary N) is 1. The van der Waals surface area contributed by atoms with Gasteiger partial charge in [-0.3, -0.25) is 9.79 Å². The van der Waals surface area contributed by atoms with Crippen LogP contribution < -0.4 is 5.32 Å². The third kappa shape index (κ3) is 5.48. The molecule has 162 valence electrons. The predicted octanol–water partition coefficient (Wildman–Crippen LogP) is 6.76. The molecule has 0 atom stereocenters. The summed E-state index contributed by atoms with van der Waals surface area (Å²) >= 11 is 13.7. The van der Waals surface area contributed by atoms with E-state index in [0.29, 0.717) is 15.7 Å². The van der Waals surface area contributed by atoms with Crippen molar-refractivity contribution in [2.75, 3.05) is 11.1 Å². The number of hydrogen-bond acceptors (Lipinski definition) is 4. The first kappa shape index (κ1) is 22.3. The molecule has 1 fully saturated rings. The molecule has 8 heteroatoms. The molecule has 1 spiro atoms. The molecule has 1 N–H and O–H groups in total. The molecule has 0 unspecified atom stereocenters. The first-order valence-electron chi connectivity index (χ1n) is 10.3. The van der Waals surface area contributed by atoms with Crippen LogP contribution in [-0.4, -0.2) is 28.1 Å². The quantitative estimate of drug-likeness (QED) is 0.528. The Hall–Kier alpha value is -1.89. The van der Waals surface area contributed by atoms with E-state index in [1.807, 2.05) is 6.07 Å². The Balaban J connectivity index is 1.53. The van der Waals surface area contributed by atoms with E-state index in [9.17, 15) is 9.18 Å². The van der Waals surface area contributed by atoms with Gasteiger partial charge in [-0.2, -0.15) is 0 Å². The molecule has 2 aromatic carbocycles. The van der Waals surface area contributed by atoms with Crippen LogP contribution in [0.4, 0.5) is 10.1 Å². The van der Waals surface area contributed by atoms with Gasteiger partial charge in [0.1, 0.15) is 10.9 Å². The molecular formula is C23H22Cl2FN3OS. The number of rotatable bonds is 4. The van der Waals surface area contributed by atoms with Gasteiger partial charge in [-0.05, 0) is 62.1 Å². The lowest BCUT2D eigenvalue weighted by Gasteiger charge is -2.20. The number of hydrogen-bond donors (Lipinski definition) is 1. The molecule has 1 aliphatic heterocycles. The molecule has 0 radical (unpaired) electrons. The smallest absolute Gasteiger partial charge is 0.234 e. The molecule has 0 aromatic heterocycles. The normalized spacial score (nSPS) is 17.8. The van der Waals surface area contributed by atoms with E-state index in [-0.39, 0.29) is 17.5 Å². The van der Waals surface area contributed by atoms with Gasteiger partial charge in [0.2, 0.25) is 5.91 Å². The predicted molar refractivity (Wildman–Crippen MR) is 128 cm³/mol. The number of carbonyl (C=O) groups excluding carboxylic acids is 1. The van der Waals surface area contributed by atoms with Crippen molar-refractivity contribution in [3.63, 3.8) is 0 Å². The molecule has 4 nitrogen and oxygen atoms in total. The number of anilines is 1. The van der Waals surface area contributed by atoms with Crippen molar-refractivity contribution in [3.8, 4) is 0 Å². The van der Waals surface area contributed by atoms with Crippen molar-refractivity contribution in [1.82, 2.24) is 0 Å². The molecule has 4 rings (SSSR count). The maximum absolute atomic E-state index is 13.1. The molecule has 2 aromatic rings. The Morgan fingerprint density at radius 1 is 1.00 bits per heavy atom. The molecule has 2 aliphatic rings. The van der Waals surface area contributed by atoms with Crippen LogP contribution in [0.2, 0.25) is 10.0 Å². The van der Waals surface area contributed by atoms with Gasteiger partial charge in [0.25, 0.3) is 0 Å². The van der Waals surface area contributed by atoms with Gasteiger partial charge in [0.15, 0.2) is 5.66 Å². The van der Waals surface area contributed by atoms with Crippen LogP contribution in [0.25, 0.3) is 0 Å². The minimum atomic E-state index is -0.451. The standard InChI is InChI=1S/C23H22Cl2FN3OS/c24-18-10-5-15(13-19(18)25)21-22(29-23(28-21)11-3-1-2-4-12-23)31-14-20(30)27-17-8-6-16(26)7-9-17/h5-10,13H,1-4,11-12,14H2,(H,27,30). The Bertz CT molecular complexity index is 1030. The number of aliphatic imine (C=N–C) groups is 2. The van der Waals surface area contributed by atoms with Crippen molar-refractivity contribution in [1.29, 1.82) is 0 Å². The van der Waals surface area contributed by atoms with Crippen molar-refractivity contribution < 1.29 is 9.18 Å². The van der Waals surface area contributed by atoms with Crippen LogP contribution in [-0.2, 0) is 4.79 Å². The monoisotopic (exact) mass is 477 g/mol. The summed E-state index contributed by atoms with van der Waals surface area (Å²) in [6.07, 6.45) is 6.37. The zero-order chi connectivity index (χ0) is 21.8. The van der Waals surface area contributed by atoms with Gasteiger partial charge < -0.3 is 5.32 Å². The Kier molecular flexibility index (Phi) is 6.99. The summed E-state index contributed by atoms with van der Waals surface area (Å²) < 4.78 is 13.1. The van der Waals surface area contributed by atoms with E-state index in [4.69, 9.17) is 33.2 Å². The van der Waals surface area contributed by atoms with Crippen LogP contribution in [0.15, 0.2) is 52.4 Å². The Labute approximate surface area is 195 Å². The fourth-order valence-corrected chi connectivity index (χ4v) is 5.01. The largest absolute Gasteiger partial charge is 0.325 e. The second-order valence-corrected chi connectivity index (χ2v) is 9.53. The SMILES string of the molecule is O=C(CSC1=NC2(CCCCCC2)N=C1c1ccc(Cl)c(Cl)c1)Nc1ccc(F)cc1. The molecule has 0 bridgehead atoms. The van der Waals surface area contributed by atoms with Gasteiger partial charge in [-0.15, -0.1) is 0 Å². The molecule has 1 amide bonds. The molecule has 1 aliphatic carbocycles. The number of thioether (sulfide) groups is 1. The van der Waals surface area contributed by atoms with Crippen molar-refractivity contribution in [2.45, 2.75) is 44.2 Å². The lowest BCUT2D eigenvalue weighted by atomic mass is 10.0. The minimum absolute atomic E-state index is 0.173. The van der Waals surface area contributed by atoms with E-state index in [2.05, 4.69) is 5.32 Å².